The SMILES string of the molecule is COC(=O)C1CCCCN1C(=O)c1ccc(-n2cccc2)cc1. The van der Waals surface area contributed by atoms with Crippen LogP contribution in [0, 0.1) is 0 Å². The lowest BCUT2D eigenvalue weighted by molar-refractivity contribution is -0.147. The summed E-state index contributed by atoms with van der Waals surface area (Å²) in [7, 11) is 1.37. The normalized spacial score (nSPS) is 17.8. The minimum absolute atomic E-state index is 0.112. The van der Waals surface area contributed by atoms with Gasteiger partial charge in [-0.25, -0.2) is 4.79 Å². The predicted octanol–water partition coefficient (Wildman–Crippen LogP) is 2.65. The average molecular weight is 312 g/mol. The van der Waals surface area contributed by atoms with Gasteiger partial charge < -0.3 is 14.2 Å². The van der Waals surface area contributed by atoms with Crippen molar-refractivity contribution in [2.45, 2.75) is 25.3 Å². The van der Waals surface area contributed by atoms with Gasteiger partial charge in [0, 0.05) is 30.2 Å². The van der Waals surface area contributed by atoms with Crippen molar-refractivity contribution in [1.82, 2.24) is 9.47 Å². The Morgan fingerprint density at radius 1 is 1.09 bits per heavy atom. The van der Waals surface area contributed by atoms with Gasteiger partial charge in [-0.15, -0.1) is 0 Å². The van der Waals surface area contributed by atoms with Crippen LogP contribution in [-0.4, -0.2) is 41.0 Å². The van der Waals surface area contributed by atoms with Gasteiger partial charge in [-0.2, -0.15) is 0 Å². The molecule has 0 bridgehead atoms. The van der Waals surface area contributed by atoms with Crippen molar-refractivity contribution >= 4 is 11.9 Å². The first-order chi connectivity index (χ1) is 11.2. The molecule has 1 aromatic heterocycles. The van der Waals surface area contributed by atoms with Crippen molar-refractivity contribution in [1.29, 1.82) is 0 Å². The zero-order valence-corrected chi connectivity index (χ0v) is 13.1. The topological polar surface area (TPSA) is 51.5 Å². The molecule has 1 unspecified atom stereocenters. The standard InChI is InChI=1S/C18H20N2O3/c1-23-18(22)16-6-2-3-13-20(16)17(21)14-7-9-15(10-8-14)19-11-4-5-12-19/h4-5,7-12,16H,2-3,6,13H2,1H3. The zero-order valence-electron chi connectivity index (χ0n) is 13.1. The number of esters is 1. The Morgan fingerprint density at radius 3 is 2.43 bits per heavy atom. The van der Waals surface area contributed by atoms with Crippen molar-refractivity contribution in [2.24, 2.45) is 0 Å². The largest absolute Gasteiger partial charge is 0.467 e. The molecule has 1 aliphatic heterocycles. The molecule has 0 saturated carbocycles. The lowest BCUT2D eigenvalue weighted by atomic mass is 10.0. The van der Waals surface area contributed by atoms with Crippen LogP contribution in [0.25, 0.3) is 5.69 Å². The van der Waals surface area contributed by atoms with E-state index in [0.29, 0.717) is 18.5 Å². The molecule has 0 N–H and O–H groups in total. The molecule has 23 heavy (non-hydrogen) atoms. The molecule has 1 fully saturated rings. The fourth-order valence-corrected chi connectivity index (χ4v) is 3.00. The number of piperidine rings is 1. The first-order valence-corrected chi connectivity index (χ1v) is 7.83. The third kappa shape index (κ3) is 3.13. The summed E-state index contributed by atoms with van der Waals surface area (Å²) < 4.78 is 6.82. The van der Waals surface area contributed by atoms with Crippen molar-refractivity contribution in [3.05, 3.63) is 54.4 Å². The molecule has 2 aromatic rings. The van der Waals surface area contributed by atoms with E-state index in [4.69, 9.17) is 4.74 Å². The molecule has 1 amide bonds. The van der Waals surface area contributed by atoms with E-state index < -0.39 is 6.04 Å². The van der Waals surface area contributed by atoms with E-state index in [1.165, 1.54) is 7.11 Å². The Bertz CT molecular complexity index is 677. The molecule has 0 spiro atoms. The fraction of sp³-hybridized carbons (Fsp3) is 0.333. The monoisotopic (exact) mass is 312 g/mol. The van der Waals surface area contributed by atoms with Gasteiger partial charge in [-0.3, -0.25) is 4.79 Å². The molecular weight excluding hydrogens is 292 g/mol. The summed E-state index contributed by atoms with van der Waals surface area (Å²) in [5.41, 5.74) is 1.59. The van der Waals surface area contributed by atoms with Gasteiger partial charge in [0.15, 0.2) is 0 Å². The first kappa shape index (κ1) is 15.3. The zero-order chi connectivity index (χ0) is 16.2. The Morgan fingerprint density at radius 2 is 1.78 bits per heavy atom. The molecule has 1 atom stereocenters. The second kappa shape index (κ2) is 6.69. The van der Waals surface area contributed by atoms with Crippen LogP contribution in [0.1, 0.15) is 29.6 Å². The van der Waals surface area contributed by atoms with Gasteiger partial charge in [0.1, 0.15) is 6.04 Å². The van der Waals surface area contributed by atoms with Crippen molar-refractivity contribution < 1.29 is 14.3 Å². The summed E-state index contributed by atoms with van der Waals surface area (Å²) in [6, 6.07) is 10.9. The predicted molar refractivity (Wildman–Crippen MR) is 86.5 cm³/mol. The van der Waals surface area contributed by atoms with Crippen LogP contribution in [0.15, 0.2) is 48.8 Å². The van der Waals surface area contributed by atoms with Gasteiger partial charge in [-0.1, -0.05) is 0 Å². The minimum Gasteiger partial charge on any atom is -0.467 e. The van der Waals surface area contributed by atoms with Crippen molar-refractivity contribution in [3.8, 4) is 5.69 Å². The summed E-state index contributed by atoms with van der Waals surface area (Å²) in [6.07, 6.45) is 6.43. The molecule has 0 aliphatic carbocycles. The number of rotatable bonds is 3. The Balaban J connectivity index is 1.80. The van der Waals surface area contributed by atoms with E-state index in [0.717, 1.165) is 18.5 Å². The van der Waals surface area contributed by atoms with Crippen molar-refractivity contribution in [3.63, 3.8) is 0 Å². The van der Waals surface area contributed by atoms with E-state index in [-0.39, 0.29) is 11.9 Å². The summed E-state index contributed by atoms with van der Waals surface area (Å²) >= 11 is 0. The second-order valence-corrected chi connectivity index (χ2v) is 5.67. The molecule has 1 aromatic carbocycles. The number of carbonyl (C=O) groups excluding carboxylic acids is 2. The molecule has 2 heterocycles. The molecule has 5 nitrogen and oxygen atoms in total. The van der Waals surface area contributed by atoms with Crippen LogP contribution in [-0.2, 0) is 9.53 Å². The summed E-state index contributed by atoms with van der Waals surface area (Å²) in [4.78, 5) is 26.3. The number of carbonyl (C=O) groups is 2. The van der Waals surface area contributed by atoms with Gasteiger partial charge >= 0.3 is 5.97 Å². The van der Waals surface area contributed by atoms with E-state index in [9.17, 15) is 9.59 Å². The first-order valence-electron chi connectivity index (χ1n) is 7.83. The van der Waals surface area contributed by atoms with Gasteiger partial charge in [0.05, 0.1) is 7.11 Å². The van der Waals surface area contributed by atoms with Crippen LogP contribution in [0.2, 0.25) is 0 Å². The smallest absolute Gasteiger partial charge is 0.328 e. The highest BCUT2D eigenvalue weighted by atomic mass is 16.5. The number of methoxy groups -OCH3 is 1. The number of ether oxygens (including phenoxy) is 1. The highest BCUT2D eigenvalue weighted by molar-refractivity contribution is 5.97. The highest BCUT2D eigenvalue weighted by Crippen LogP contribution is 2.21. The summed E-state index contributed by atoms with van der Waals surface area (Å²) in [5.74, 6) is -0.443. The molecule has 3 rings (SSSR count). The second-order valence-electron chi connectivity index (χ2n) is 5.67. The number of hydrogen-bond donors (Lipinski definition) is 0. The maximum atomic E-state index is 12.7. The van der Waals surface area contributed by atoms with Crippen LogP contribution < -0.4 is 0 Å². The lowest BCUT2D eigenvalue weighted by Crippen LogP contribution is -2.48. The number of nitrogens with zero attached hydrogens (tertiary/aromatic N) is 2. The molecule has 1 saturated heterocycles. The van der Waals surface area contributed by atoms with E-state index in [2.05, 4.69) is 0 Å². The van der Waals surface area contributed by atoms with Gasteiger partial charge in [-0.05, 0) is 55.7 Å². The van der Waals surface area contributed by atoms with E-state index in [1.54, 1.807) is 17.0 Å². The van der Waals surface area contributed by atoms with Gasteiger partial charge in [0.2, 0.25) is 0 Å². The number of likely N-dealkylation sites (tertiary alicyclic amines) is 1. The van der Waals surface area contributed by atoms with Crippen LogP contribution >= 0.6 is 0 Å². The molecular formula is C18H20N2O3. The maximum absolute atomic E-state index is 12.7. The third-order valence-electron chi connectivity index (χ3n) is 4.25. The number of aromatic nitrogens is 1. The van der Waals surface area contributed by atoms with Crippen molar-refractivity contribution in [2.75, 3.05) is 13.7 Å². The Labute approximate surface area is 135 Å². The summed E-state index contributed by atoms with van der Waals surface area (Å²) in [5, 5.41) is 0. The average Bonchev–Trinajstić information content (AvgIpc) is 3.15. The van der Waals surface area contributed by atoms with Gasteiger partial charge in [0.25, 0.3) is 5.91 Å². The fourth-order valence-electron chi connectivity index (χ4n) is 3.00. The quantitative estimate of drug-likeness (QED) is 0.819. The Hall–Kier alpha value is -2.56. The molecule has 5 heteroatoms. The molecule has 120 valence electrons. The van der Waals surface area contributed by atoms with Crippen LogP contribution in [0.4, 0.5) is 0 Å². The number of hydrogen-bond acceptors (Lipinski definition) is 3. The minimum atomic E-state index is -0.467. The molecule has 0 radical (unpaired) electrons. The van der Waals surface area contributed by atoms with Crippen LogP contribution in [0.5, 0.6) is 0 Å². The maximum Gasteiger partial charge on any atom is 0.328 e. The molecule has 1 aliphatic rings. The van der Waals surface area contributed by atoms with E-state index in [1.807, 2.05) is 41.2 Å². The Kier molecular flexibility index (Phi) is 4.46. The summed E-state index contributed by atoms with van der Waals surface area (Å²) in [6.45, 7) is 0.595. The number of benzene rings is 1. The third-order valence-corrected chi connectivity index (χ3v) is 4.25. The number of amides is 1. The highest BCUT2D eigenvalue weighted by Gasteiger charge is 2.33. The van der Waals surface area contributed by atoms with E-state index >= 15 is 0 Å². The lowest BCUT2D eigenvalue weighted by Gasteiger charge is -2.33. The van der Waals surface area contributed by atoms with Crippen LogP contribution in [0.3, 0.4) is 0 Å².